The first-order valence-electron chi connectivity index (χ1n) is 7.84. The molecule has 0 fully saturated rings. The molecule has 0 heterocycles. The number of methoxy groups -OCH3 is 1. The van der Waals surface area contributed by atoms with Crippen molar-refractivity contribution in [3.05, 3.63) is 29.8 Å². The minimum Gasteiger partial charge on any atom is -0.494 e. The number of carbonyl (C=O) groups excluding carboxylic acids is 1. The minimum atomic E-state index is 0.0382. The van der Waals surface area contributed by atoms with Crippen LogP contribution in [-0.2, 0) is 14.9 Å². The molecule has 22 heavy (non-hydrogen) atoms. The number of benzene rings is 1. The Bertz CT molecular complexity index is 448. The largest absolute Gasteiger partial charge is 0.494 e. The fraction of sp³-hybridized carbons (Fsp3) is 0.611. The number of hydrogen-bond donors (Lipinski definition) is 1. The molecule has 0 bridgehead atoms. The number of amides is 1. The maximum atomic E-state index is 11.7. The summed E-state index contributed by atoms with van der Waals surface area (Å²) in [4.78, 5) is 11.7. The van der Waals surface area contributed by atoms with E-state index in [-0.39, 0.29) is 17.4 Å². The number of ether oxygens (including phenoxy) is 2. The first-order chi connectivity index (χ1) is 10.3. The Hall–Kier alpha value is -1.55. The van der Waals surface area contributed by atoms with Crippen LogP contribution < -0.4 is 10.1 Å². The molecule has 4 nitrogen and oxygen atoms in total. The normalized spacial score (nSPS) is 12.8. The van der Waals surface area contributed by atoms with Gasteiger partial charge in [-0.2, -0.15) is 0 Å². The van der Waals surface area contributed by atoms with E-state index in [4.69, 9.17) is 9.47 Å². The fourth-order valence-electron chi connectivity index (χ4n) is 2.11. The lowest BCUT2D eigenvalue weighted by Crippen LogP contribution is -2.35. The third kappa shape index (κ3) is 6.94. The van der Waals surface area contributed by atoms with E-state index in [2.05, 4.69) is 38.2 Å². The van der Waals surface area contributed by atoms with Crippen LogP contribution in [-0.4, -0.2) is 32.3 Å². The Kier molecular flexibility index (Phi) is 7.39. The van der Waals surface area contributed by atoms with E-state index in [0.717, 1.165) is 5.75 Å². The quantitative estimate of drug-likeness (QED) is 0.750. The van der Waals surface area contributed by atoms with E-state index in [1.165, 1.54) is 5.56 Å². The summed E-state index contributed by atoms with van der Waals surface area (Å²) in [6.07, 6.45) is 1.17. The summed E-state index contributed by atoms with van der Waals surface area (Å²) in [5.41, 5.74) is 1.43. The maximum Gasteiger partial charge on any atom is 0.220 e. The smallest absolute Gasteiger partial charge is 0.220 e. The summed E-state index contributed by atoms with van der Waals surface area (Å²) in [5.74, 6) is 0.886. The summed E-state index contributed by atoms with van der Waals surface area (Å²) in [6, 6.07) is 8.20. The molecule has 1 aromatic rings. The highest BCUT2D eigenvalue weighted by Crippen LogP contribution is 2.24. The molecule has 1 N–H and O–H groups in total. The first-order valence-corrected chi connectivity index (χ1v) is 7.84. The van der Waals surface area contributed by atoms with E-state index in [0.29, 0.717) is 26.1 Å². The van der Waals surface area contributed by atoms with Crippen LogP contribution in [0, 0.1) is 0 Å². The predicted molar refractivity (Wildman–Crippen MR) is 89.4 cm³/mol. The van der Waals surface area contributed by atoms with Crippen molar-refractivity contribution in [3.63, 3.8) is 0 Å². The number of hydrogen-bond acceptors (Lipinski definition) is 3. The molecule has 0 aromatic heterocycles. The van der Waals surface area contributed by atoms with Crippen LogP contribution in [0.3, 0.4) is 0 Å². The molecule has 0 radical (unpaired) electrons. The summed E-state index contributed by atoms with van der Waals surface area (Å²) >= 11 is 0. The lowest BCUT2D eigenvalue weighted by Gasteiger charge is -2.19. The van der Waals surface area contributed by atoms with Gasteiger partial charge in [-0.15, -0.1) is 0 Å². The van der Waals surface area contributed by atoms with Crippen LogP contribution in [0.4, 0.5) is 0 Å². The van der Waals surface area contributed by atoms with Gasteiger partial charge >= 0.3 is 0 Å². The lowest BCUT2D eigenvalue weighted by molar-refractivity contribution is -0.122. The van der Waals surface area contributed by atoms with Crippen molar-refractivity contribution >= 4 is 5.91 Å². The third-order valence-corrected chi connectivity index (χ3v) is 3.36. The van der Waals surface area contributed by atoms with Gasteiger partial charge in [-0.05, 0) is 36.5 Å². The molecular formula is C18H29NO3. The van der Waals surface area contributed by atoms with Crippen molar-refractivity contribution in [3.8, 4) is 5.75 Å². The molecule has 4 heteroatoms. The highest BCUT2D eigenvalue weighted by atomic mass is 16.5. The second kappa shape index (κ2) is 8.79. The van der Waals surface area contributed by atoms with E-state index in [9.17, 15) is 4.79 Å². The average molecular weight is 307 g/mol. The van der Waals surface area contributed by atoms with Crippen LogP contribution in [0.1, 0.15) is 46.1 Å². The van der Waals surface area contributed by atoms with Crippen LogP contribution >= 0.6 is 0 Å². The highest BCUT2D eigenvalue weighted by Gasteiger charge is 2.13. The molecule has 0 saturated heterocycles. The van der Waals surface area contributed by atoms with Crippen LogP contribution in [0.15, 0.2) is 24.3 Å². The zero-order valence-corrected chi connectivity index (χ0v) is 14.4. The van der Waals surface area contributed by atoms with Gasteiger partial charge in [-0.25, -0.2) is 0 Å². The summed E-state index contributed by atoms with van der Waals surface area (Å²) in [7, 11) is 1.63. The number of nitrogens with one attached hydrogen (secondary N) is 1. The van der Waals surface area contributed by atoms with Crippen LogP contribution in [0.25, 0.3) is 0 Å². The van der Waals surface area contributed by atoms with Gasteiger partial charge in [-0.1, -0.05) is 32.9 Å². The monoisotopic (exact) mass is 307 g/mol. The van der Waals surface area contributed by atoms with Gasteiger partial charge in [0.15, 0.2) is 0 Å². The maximum absolute atomic E-state index is 11.7. The molecule has 1 amide bonds. The van der Waals surface area contributed by atoms with Crippen LogP contribution in [0.5, 0.6) is 5.75 Å². The van der Waals surface area contributed by atoms with E-state index < -0.39 is 0 Å². The lowest BCUT2D eigenvalue weighted by atomic mass is 9.87. The summed E-state index contributed by atoms with van der Waals surface area (Å²) < 4.78 is 10.7. The van der Waals surface area contributed by atoms with Gasteiger partial charge in [0.1, 0.15) is 5.75 Å². The molecule has 1 rings (SSSR count). The Balaban J connectivity index is 2.26. The van der Waals surface area contributed by atoms with Gasteiger partial charge in [0.2, 0.25) is 5.91 Å². The van der Waals surface area contributed by atoms with Crippen LogP contribution in [0.2, 0.25) is 0 Å². The van der Waals surface area contributed by atoms with E-state index in [1.54, 1.807) is 7.11 Å². The Labute approximate surface area is 134 Å². The Morgan fingerprint density at radius 1 is 1.23 bits per heavy atom. The van der Waals surface area contributed by atoms with E-state index in [1.807, 2.05) is 19.1 Å². The van der Waals surface area contributed by atoms with Gasteiger partial charge in [0.25, 0.3) is 0 Å². The highest BCUT2D eigenvalue weighted by molar-refractivity contribution is 5.76. The second-order valence-electron chi connectivity index (χ2n) is 6.65. The molecule has 1 atom stereocenters. The van der Waals surface area contributed by atoms with Crippen molar-refractivity contribution in [2.75, 3.05) is 20.3 Å². The van der Waals surface area contributed by atoms with Crippen molar-refractivity contribution in [2.24, 2.45) is 0 Å². The molecule has 0 aliphatic heterocycles. The summed E-state index contributed by atoms with van der Waals surface area (Å²) in [5, 5.41) is 2.88. The summed E-state index contributed by atoms with van der Waals surface area (Å²) in [6.45, 7) is 9.56. The molecular weight excluding hydrogens is 278 g/mol. The van der Waals surface area contributed by atoms with Crippen molar-refractivity contribution < 1.29 is 14.3 Å². The number of carbonyl (C=O) groups is 1. The Morgan fingerprint density at radius 3 is 2.41 bits per heavy atom. The van der Waals surface area contributed by atoms with Gasteiger partial charge in [-0.3, -0.25) is 4.79 Å². The van der Waals surface area contributed by atoms with Gasteiger partial charge < -0.3 is 14.8 Å². The second-order valence-corrected chi connectivity index (χ2v) is 6.65. The third-order valence-electron chi connectivity index (χ3n) is 3.36. The molecule has 124 valence electrons. The van der Waals surface area contributed by atoms with E-state index >= 15 is 0 Å². The molecule has 0 saturated carbocycles. The zero-order valence-electron chi connectivity index (χ0n) is 14.4. The molecule has 0 aliphatic rings. The molecule has 0 aliphatic carbocycles. The molecule has 1 unspecified atom stereocenters. The van der Waals surface area contributed by atoms with Crippen molar-refractivity contribution in [1.29, 1.82) is 0 Å². The van der Waals surface area contributed by atoms with Gasteiger partial charge in [0, 0.05) is 19.6 Å². The SMILES string of the molecule is COCC(C)NC(=O)CCCOc1ccc(C(C)(C)C)cc1. The van der Waals surface area contributed by atoms with Gasteiger partial charge in [0.05, 0.1) is 13.2 Å². The number of rotatable bonds is 8. The fourth-order valence-corrected chi connectivity index (χ4v) is 2.11. The van der Waals surface area contributed by atoms with Crippen molar-refractivity contribution in [2.45, 2.75) is 52.0 Å². The molecule has 1 aromatic carbocycles. The first kappa shape index (κ1) is 18.5. The predicted octanol–water partition coefficient (Wildman–Crippen LogP) is 3.29. The molecule has 0 spiro atoms. The van der Waals surface area contributed by atoms with Crippen molar-refractivity contribution in [1.82, 2.24) is 5.32 Å². The average Bonchev–Trinajstić information content (AvgIpc) is 2.43. The standard InChI is InChI=1S/C18H29NO3/c1-14(13-21-5)19-17(20)7-6-12-22-16-10-8-15(9-11-16)18(2,3)4/h8-11,14H,6-7,12-13H2,1-5H3,(H,19,20). The zero-order chi connectivity index (χ0) is 16.6. The Morgan fingerprint density at radius 2 is 1.86 bits per heavy atom. The topological polar surface area (TPSA) is 47.6 Å². The minimum absolute atomic E-state index is 0.0382.